The van der Waals surface area contributed by atoms with Crippen molar-refractivity contribution in [1.29, 1.82) is 0 Å². The fourth-order valence-electron chi connectivity index (χ4n) is 4.42. The monoisotopic (exact) mass is 377 g/mol. The molecule has 5 nitrogen and oxygen atoms in total. The Morgan fingerprint density at radius 3 is 2.63 bits per heavy atom. The van der Waals surface area contributed by atoms with Crippen LogP contribution in [0.3, 0.4) is 0 Å². The fourth-order valence-corrected chi connectivity index (χ4v) is 4.42. The standard InChI is InChI=1S/C20H25F2N3O2/c1-2-24-14-23-18-17(24)7-10-25(20(18)8-11-26-12-9-20)13-15-3-5-16(6-4-15)27-19(21)22/h3-6,14,19H,2,7-13H2,1H3. The Labute approximate surface area is 157 Å². The third-order valence-electron chi connectivity index (χ3n) is 5.79. The highest BCUT2D eigenvalue weighted by atomic mass is 19.3. The van der Waals surface area contributed by atoms with Gasteiger partial charge in [0.1, 0.15) is 5.75 Å². The predicted octanol–water partition coefficient (Wildman–Crippen LogP) is 3.57. The lowest BCUT2D eigenvalue weighted by Gasteiger charge is -2.48. The van der Waals surface area contributed by atoms with Gasteiger partial charge in [-0.25, -0.2) is 4.98 Å². The van der Waals surface area contributed by atoms with Crippen molar-refractivity contribution in [3.05, 3.63) is 47.5 Å². The van der Waals surface area contributed by atoms with Gasteiger partial charge in [-0.3, -0.25) is 4.90 Å². The van der Waals surface area contributed by atoms with E-state index >= 15 is 0 Å². The zero-order valence-electron chi connectivity index (χ0n) is 15.5. The average molecular weight is 377 g/mol. The minimum absolute atomic E-state index is 0.107. The number of aryl methyl sites for hydroxylation is 1. The van der Waals surface area contributed by atoms with Gasteiger partial charge in [-0.1, -0.05) is 12.1 Å². The number of rotatable bonds is 5. The van der Waals surface area contributed by atoms with Gasteiger partial charge in [0, 0.05) is 45.0 Å². The van der Waals surface area contributed by atoms with Crippen molar-refractivity contribution in [3.63, 3.8) is 0 Å². The van der Waals surface area contributed by atoms with Gasteiger partial charge in [-0.2, -0.15) is 8.78 Å². The number of alkyl halides is 2. The summed E-state index contributed by atoms with van der Waals surface area (Å²) in [5.74, 6) is 0.192. The first-order chi connectivity index (χ1) is 13.1. The van der Waals surface area contributed by atoms with Gasteiger partial charge < -0.3 is 14.0 Å². The Bertz CT molecular complexity index is 770. The van der Waals surface area contributed by atoms with Crippen molar-refractivity contribution in [1.82, 2.24) is 14.5 Å². The second-order valence-electron chi connectivity index (χ2n) is 7.16. The summed E-state index contributed by atoms with van der Waals surface area (Å²) >= 11 is 0. The molecule has 0 bridgehead atoms. The summed E-state index contributed by atoms with van der Waals surface area (Å²) in [6.07, 6.45) is 4.78. The number of halogens is 2. The molecule has 0 N–H and O–H groups in total. The van der Waals surface area contributed by atoms with E-state index < -0.39 is 6.61 Å². The Morgan fingerprint density at radius 2 is 1.96 bits per heavy atom. The first-order valence-corrected chi connectivity index (χ1v) is 9.53. The molecule has 0 unspecified atom stereocenters. The van der Waals surface area contributed by atoms with Gasteiger partial charge in [-0.15, -0.1) is 0 Å². The molecule has 0 atom stereocenters. The van der Waals surface area contributed by atoms with E-state index in [-0.39, 0.29) is 11.3 Å². The maximum Gasteiger partial charge on any atom is 0.387 e. The molecule has 0 saturated carbocycles. The minimum atomic E-state index is -2.80. The van der Waals surface area contributed by atoms with Gasteiger partial charge in [0.25, 0.3) is 0 Å². The van der Waals surface area contributed by atoms with Crippen LogP contribution in [-0.4, -0.2) is 40.8 Å². The molecule has 27 heavy (non-hydrogen) atoms. The molecular weight excluding hydrogens is 352 g/mol. The normalized spacial score (nSPS) is 19.4. The molecule has 0 aliphatic carbocycles. The molecule has 1 spiro atoms. The van der Waals surface area contributed by atoms with Crippen LogP contribution < -0.4 is 4.74 Å². The number of hydrogen-bond acceptors (Lipinski definition) is 4. The average Bonchev–Trinajstić information content (AvgIpc) is 3.10. The van der Waals surface area contributed by atoms with E-state index in [4.69, 9.17) is 9.72 Å². The summed E-state index contributed by atoms with van der Waals surface area (Å²) < 4.78 is 37.1. The largest absolute Gasteiger partial charge is 0.435 e. The van der Waals surface area contributed by atoms with Crippen molar-refractivity contribution in [2.75, 3.05) is 19.8 Å². The number of aromatic nitrogens is 2. The summed E-state index contributed by atoms with van der Waals surface area (Å²) in [6.45, 7) is 3.46. The van der Waals surface area contributed by atoms with Gasteiger partial charge in [-0.05, 0) is 37.5 Å². The minimum Gasteiger partial charge on any atom is -0.435 e. The number of ether oxygens (including phenoxy) is 2. The summed E-state index contributed by atoms with van der Waals surface area (Å²) in [5.41, 5.74) is 3.51. The van der Waals surface area contributed by atoms with E-state index in [1.807, 2.05) is 18.5 Å². The molecule has 1 fully saturated rings. The SMILES string of the molecule is CCn1cnc2c1CCN(Cc1ccc(OC(F)F)cc1)C21CCOCC1. The van der Waals surface area contributed by atoms with Crippen molar-refractivity contribution >= 4 is 0 Å². The highest BCUT2D eigenvalue weighted by molar-refractivity contribution is 5.30. The van der Waals surface area contributed by atoms with Crippen LogP contribution in [0, 0.1) is 0 Å². The molecule has 146 valence electrons. The van der Waals surface area contributed by atoms with Crippen molar-refractivity contribution in [2.45, 2.75) is 51.4 Å². The first-order valence-electron chi connectivity index (χ1n) is 9.53. The number of nitrogens with zero attached hydrogens (tertiary/aromatic N) is 3. The molecular formula is C20H25F2N3O2. The number of fused-ring (bicyclic) bond motifs is 2. The molecule has 3 heterocycles. The van der Waals surface area contributed by atoms with E-state index in [9.17, 15) is 8.78 Å². The molecule has 2 aliphatic rings. The van der Waals surface area contributed by atoms with Crippen LogP contribution in [0.1, 0.15) is 36.7 Å². The van der Waals surface area contributed by atoms with E-state index in [0.29, 0.717) is 0 Å². The van der Waals surface area contributed by atoms with Crippen molar-refractivity contribution < 1.29 is 18.3 Å². The zero-order valence-corrected chi connectivity index (χ0v) is 15.5. The maximum absolute atomic E-state index is 12.4. The molecule has 7 heteroatoms. The van der Waals surface area contributed by atoms with Crippen molar-refractivity contribution in [3.8, 4) is 5.75 Å². The molecule has 2 aromatic rings. The second kappa shape index (κ2) is 7.56. The van der Waals surface area contributed by atoms with Crippen LogP contribution in [0.25, 0.3) is 0 Å². The number of benzene rings is 1. The molecule has 4 rings (SSSR count). The van der Waals surface area contributed by atoms with E-state index in [0.717, 1.165) is 57.7 Å². The number of hydrogen-bond donors (Lipinski definition) is 0. The lowest BCUT2D eigenvalue weighted by molar-refractivity contribution is -0.0499. The van der Waals surface area contributed by atoms with E-state index in [2.05, 4.69) is 21.1 Å². The smallest absolute Gasteiger partial charge is 0.387 e. The molecule has 1 aromatic heterocycles. The van der Waals surface area contributed by atoms with Crippen LogP contribution in [0.4, 0.5) is 8.78 Å². The lowest BCUT2D eigenvalue weighted by Crippen LogP contribution is -2.53. The molecule has 1 aromatic carbocycles. The Balaban J connectivity index is 1.60. The fraction of sp³-hybridized carbons (Fsp3) is 0.550. The second-order valence-corrected chi connectivity index (χ2v) is 7.16. The summed E-state index contributed by atoms with van der Waals surface area (Å²) in [5, 5.41) is 0. The summed E-state index contributed by atoms with van der Waals surface area (Å²) in [7, 11) is 0. The topological polar surface area (TPSA) is 39.5 Å². The summed E-state index contributed by atoms with van der Waals surface area (Å²) in [6, 6.07) is 6.95. The Hall–Kier alpha value is -1.99. The third-order valence-corrected chi connectivity index (χ3v) is 5.79. The van der Waals surface area contributed by atoms with Crippen LogP contribution in [-0.2, 0) is 29.8 Å². The highest BCUT2D eigenvalue weighted by Crippen LogP contribution is 2.43. The van der Waals surface area contributed by atoms with Crippen molar-refractivity contribution in [2.24, 2.45) is 0 Å². The van der Waals surface area contributed by atoms with Gasteiger partial charge in [0.15, 0.2) is 0 Å². The van der Waals surface area contributed by atoms with Crippen LogP contribution in [0.15, 0.2) is 30.6 Å². The van der Waals surface area contributed by atoms with Gasteiger partial charge in [0.05, 0.1) is 17.6 Å². The van der Waals surface area contributed by atoms with E-state index in [1.165, 1.54) is 11.4 Å². The number of imidazole rings is 1. The third kappa shape index (κ3) is 3.46. The molecule has 0 amide bonds. The zero-order chi connectivity index (χ0) is 18.9. The molecule has 0 radical (unpaired) electrons. The Morgan fingerprint density at radius 1 is 1.22 bits per heavy atom. The quantitative estimate of drug-likeness (QED) is 0.799. The molecule has 1 saturated heterocycles. The van der Waals surface area contributed by atoms with E-state index in [1.54, 1.807) is 12.1 Å². The van der Waals surface area contributed by atoms with Crippen LogP contribution >= 0.6 is 0 Å². The van der Waals surface area contributed by atoms with Gasteiger partial charge in [0.2, 0.25) is 0 Å². The Kier molecular flexibility index (Phi) is 5.14. The lowest BCUT2D eigenvalue weighted by atomic mass is 9.80. The first kappa shape index (κ1) is 18.4. The van der Waals surface area contributed by atoms with Crippen LogP contribution in [0.5, 0.6) is 5.75 Å². The maximum atomic E-state index is 12.4. The van der Waals surface area contributed by atoms with Crippen LogP contribution in [0.2, 0.25) is 0 Å². The summed E-state index contributed by atoms with van der Waals surface area (Å²) in [4.78, 5) is 7.30. The predicted molar refractivity (Wildman–Crippen MR) is 96.8 cm³/mol. The molecule has 2 aliphatic heterocycles. The van der Waals surface area contributed by atoms with Gasteiger partial charge >= 0.3 is 6.61 Å². The highest BCUT2D eigenvalue weighted by Gasteiger charge is 2.46.